The van der Waals surface area contributed by atoms with Crippen LogP contribution in [0.4, 0.5) is 0 Å². The van der Waals surface area contributed by atoms with Gasteiger partial charge in [0.1, 0.15) is 0 Å². The van der Waals surface area contributed by atoms with E-state index in [0.29, 0.717) is 19.0 Å². The van der Waals surface area contributed by atoms with E-state index in [1.165, 1.54) is 0 Å². The molecular weight excluding hydrogens is 268 g/mol. The summed E-state index contributed by atoms with van der Waals surface area (Å²) in [7, 11) is 0. The lowest BCUT2D eigenvalue weighted by molar-refractivity contribution is -0.131. The topological polar surface area (TPSA) is 33.2 Å². The Bertz CT molecular complexity index is 590. The number of carbonyl (C=O) groups is 1. The van der Waals surface area contributed by atoms with Gasteiger partial charge in [-0.15, -0.1) is 11.3 Å². The molecule has 1 aromatic carbocycles. The van der Waals surface area contributed by atoms with Gasteiger partial charge < -0.3 is 4.90 Å². The van der Waals surface area contributed by atoms with E-state index in [1.54, 1.807) is 11.3 Å². The van der Waals surface area contributed by atoms with Gasteiger partial charge >= 0.3 is 0 Å². The first-order valence-corrected chi connectivity index (χ1v) is 7.85. The molecule has 20 heavy (non-hydrogen) atoms. The van der Waals surface area contributed by atoms with Gasteiger partial charge in [0.05, 0.1) is 23.7 Å². The second kappa shape index (κ2) is 5.75. The summed E-state index contributed by atoms with van der Waals surface area (Å²) >= 11 is 1.65. The molecule has 104 valence electrons. The van der Waals surface area contributed by atoms with Crippen molar-refractivity contribution in [3.05, 3.63) is 52.0 Å². The van der Waals surface area contributed by atoms with Crippen LogP contribution in [-0.2, 0) is 17.8 Å². The summed E-state index contributed by atoms with van der Waals surface area (Å²) in [6.07, 6.45) is 2.74. The van der Waals surface area contributed by atoms with Gasteiger partial charge in [0.15, 0.2) is 0 Å². The number of rotatable bonds is 5. The van der Waals surface area contributed by atoms with Crippen LogP contribution in [0.1, 0.15) is 29.1 Å². The standard InChI is InChI=1S/C16H18N2OS/c1-12-17-14(11-20-12)10-18(15-7-8-15)16(19)9-13-5-3-2-4-6-13/h2-6,11,15H,7-10H2,1H3. The van der Waals surface area contributed by atoms with Gasteiger partial charge in [-0.05, 0) is 25.3 Å². The van der Waals surface area contributed by atoms with Crippen LogP contribution in [0, 0.1) is 6.92 Å². The number of benzene rings is 1. The second-order valence-electron chi connectivity index (χ2n) is 5.27. The van der Waals surface area contributed by atoms with Crippen molar-refractivity contribution >= 4 is 17.2 Å². The summed E-state index contributed by atoms with van der Waals surface area (Å²) in [4.78, 5) is 19.0. The molecule has 0 radical (unpaired) electrons. The Morgan fingerprint density at radius 2 is 2.10 bits per heavy atom. The van der Waals surface area contributed by atoms with Crippen molar-refractivity contribution in [1.82, 2.24) is 9.88 Å². The molecule has 3 nitrogen and oxygen atoms in total. The van der Waals surface area contributed by atoms with Crippen LogP contribution >= 0.6 is 11.3 Å². The highest BCUT2D eigenvalue weighted by atomic mass is 32.1. The number of amides is 1. The molecule has 0 aliphatic heterocycles. The van der Waals surface area contributed by atoms with Crippen molar-refractivity contribution in [3.8, 4) is 0 Å². The third kappa shape index (κ3) is 3.25. The van der Waals surface area contributed by atoms with Crippen LogP contribution in [0.25, 0.3) is 0 Å². The number of hydrogen-bond donors (Lipinski definition) is 0. The first-order valence-electron chi connectivity index (χ1n) is 6.97. The fourth-order valence-electron chi connectivity index (χ4n) is 2.33. The van der Waals surface area contributed by atoms with Crippen molar-refractivity contribution in [1.29, 1.82) is 0 Å². The molecular formula is C16H18N2OS. The van der Waals surface area contributed by atoms with E-state index in [4.69, 9.17) is 0 Å². The van der Waals surface area contributed by atoms with Gasteiger partial charge in [0, 0.05) is 11.4 Å². The lowest BCUT2D eigenvalue weighted by Gasteiger charge is -2.21. The molecule has 1 saturated carbocycles. The SMILES string of the molecule is Cc1nc(CN(C(=O)Cc2ccccc2)C2CC2)cs1. The molecule has 0 saturated heterocycles. The summed E-state index contributed by atoms with van der Waals surface area (Å²) in [6.45, 7) is 2.65. The predicted molar refractivity (Wildman–Crippen MR) is 80.6 cm³/mol. The molecule has 1 heterocycles. The van der Waals surface area contributed by atoms with E-state index in [2.05, 4.69) is 10.4 Å². The summed E-state index contributed by atoms with van der Waals surface area (Å²) < 4.78 is 0. The lowest BCUT2D eigenvalue weighted by atomic mass is 10.1. The molecule has 1 aliphatic carbocycles. The predicted octanol–water partition coefficient (Wildman–Crippen LogP) is 3.19. The van der Waals surface area contributed by atoms with Crippen LogP contribution in [0.2, 0.25) is 0 Å². The minimum absolute atomic E-state index is 0.212. The van der Waals surface area contributed by atoms with E-state index < -0.39 is 0 Å². The number of carbonyl (C=O) groups excluding carboxylic acids is 1. The normalized spacial score (nSPS) is 14.2. The Kier molecular flexibility index (Phi) is 3.83. The molecule has 0 unspecified atom stereocenters. The van der Waals surface area contributed by atoms with Crippen LogP contribution < -0.4 is 0 Å². The van der Waals surface area contributed by atoms with Gasteiger partial charge in [0.2, 0.25) is 5.91 Å². The number of thiazole rings is 1. The molecule has 2 aromatic rings. The zero-order chi connectivity index (χ0) is 13.9. The van der Waals surface area contributed by atoms with E-state index >= 15 is 0 Å². The summed E-state index contributed by atoms with van der Waals surface area (Å²) in [5, 5.41) is 3.12. The maximum Gasteiger partial charge on any atom is 0.227 e. The maximum atomic E-state index is 12.5. The van der Waals surface area contributed by atoms with Gasteiger partial charge in [-0.3, -0.25) is 4.79 Å². The highest BCUT2D eigenvalue weighted by Crippen LogP contribution is 2.29. The molecule has 1 fully saturated rings. The Morgan fingerprint density at radius 3 is 2.70 bits per heavy atom. The minimum Gasteiger partial charge on any atom is -0.333 e. The molecule has 1 aliphatic rings. The van der Waals surface area contributed by atoms with E-state index in [9.17, 15) is 4.79 Å². The van der Waals surface area contributed by atoms with Crippen LogP contribution in [0.5, 0.6) is 0 Å². The highest BCUT2D eigenvalue weighted by molar-refractivity contribution is 7.09. The van der Waals surface area contributed by atoms with Crippen LogP contribution in [0.3, 0.4) is 0 Å². The van der Waals surface area contributed by atoms with Crippen molar-refractivity contribution in [2.45, 2.75) is 38.8 Å². The third-order valence-corrected chi connectivity index (χ3v) is 4.33. The maximum absolute atomic E-state index is 12.5. The van der Waals surface area contributed by atoms with Gasteiger partial charge in [-0.25, -0.2) is 4.98 Å². The monoisotopic (exact) mass is 286 g/mol. The molecule has 4 heteroatoms. The van der Waals surface area contributed by atoms with Crippen molar-refractivity contribution in [2.75, 3.05) is 0 Å². The Morgan fingerprint density at radius 1 is 1.35 bits per heavy atom. The smallest absolute Gasteiger partial charge is 0.227 e. The van der Waals surface area contributed by atoms with E-state index in [-0.39, 0.29) is 5.91 Å². The van der Waals surface area contributed by atoms with Crippen molar-refractivity contribution < 1.29 is 4.79 Å². The van der Waals surface area contributed by atoms with Crippen LogP contribution in [-0.4, -0.2) is 21.8 Å². The molecule has 1 aromatic heterocycles. The fraction of sp³-hybridized carbons (Fsp3) is 0.375. The zero-order valence-corrected chi connectivity index (χ0v) is 12.4. The summed E-state index contributed by atoms with van der Waals surface area (Å²) in [5.74, 6) is 0.212. The fourth-order valence-corrected chi connectivity index (χ4v) is 2.94. The number of aromatic nitrogens is 1. The van der Waals surface area contributed by atoms with E-state index in [1.807, 2.05) is 42.2 Å². The van der Waals surface area contributed by atoms with Crippen molar-refractivity contribution in [3.63, 3.8) is 0 Å². The first kappa shape index (κ1) is 13.3. The highest BCUT2D eigenvalue weighted by Gasteiger charge is 2.32. The first-order chi connectivity index (χ1) is 9.72. The van der Waals surface area contributed by atoms with Gasteiger partial charge in [-0.2, -0.15) is 0 Å². The molecule has 0 N–H and O–H groups in total. The average Bonchev–Trinajstić information content (AvgIpc) is 3.20. The Hall–Kier alpha value is -1.68. The van der Waals surface area contributed by atoms with E-state index in [0.717, 1.165) is 29.1 Å². The quantitative estimate of drug-likeness (QED) is 0.845. The van der Waals surface area contributed by atoms with Gasteiger partial charge in [0.25, 0.3) is 0 Å². The third-order valence-electron chi connectivity index (χ3n) is 3.51. The van der Waals surface area contributed by atoms with Crippen LogP contribution in [0.15, 0.2) is 35.7 Å². The van der Waals surface area contributed by atoms with Gasteiger partial charge in [-0.1, -0.05) is 30.3 Å². The molecule has 0 atom stereocenters. The zero-order valence-electron chi connectivity index (χ0n) is 11.6. The number of hydrogen-bond acceptors (Lipinski definition) is 3. The minimum atomic E-state index is 0.212. The Balaban J connectivity index is 1.69. The molecule has 0 spiro atoms. The lowest BCUT2D eigenvalue weighted by Crippen LogP contribution is -2.33. The average molecular weight is 286 g/mol. The summed E-state index contributed by atoms with van der Waals surface area (Å²) in [6, 6.07) is 10.4. The molecule has 3 rings (SSSR count). The Labute approximate surface area is 123 Å². The molecule has 1 amide bonds. The van der Waals surface area contributed by atoms with Crippen molar-refractivity contribution in [2.24, 2.45) is 0 Å². The number of nitrogens with zero attached hydrogens (tertiary/aromatic N) is 2. The second-order valence-corrected chi connectivity index (χ2v) is 6.34. The summed E-state index contributed by atoms with van der Waals surface area (Å²) in [5.41, 5.74) is 2.10. The largest absolute Gasteiger partial charge is 0.333 e. The molecule has 0 bridgehead atoms. The number of aryl methyl sites for hydroxylation is 1.